The number of alkyl halides is 3. The van der Waals surface area contributed by atoms with Crippen LogP contribution < -0.4 is 9.80 Å². The number of halogens is 4. The molecule has 1 saturated carbocycles. The predicted octanol–water partition coefficient (Wildman–Crippen LogP) is 3.07. The fourth-order valence-corrected chi connectivity index (χ4v) is 4.66. The highest BCUT2D eigenvalue weighted by molar-refractivity contribution is 7.81. The Bertz CT molecular complexity index is 1280. The number of hydrogen-bond donors (Lipinski definition) is 1. The molecule has 0 bridgehead atoms. The zero-order chi connectivity index (χ0) is 25.0. The summed E-state index contributed by atoms with van der Waals surface area (Å²) in [5.74, 6) is -3.31. The molecule has 2 fully saturated rings. The first-order valence-corrected chi connectivity index (χ1v) is 10.2. The lowest BCUT2D eigenvalue weighted by Crippen LogP contribution is -2.63. The highest BCUT2D eigenvalue weighted by atomic mass is 32.1. The van der Waals surface area contributed by atoms with Gasteiger partial charge < -0.3 is 9.64 Å². The number of methoxy groups -OCH3 is 1. The summed E-state index contributed by atoms with van der Waals surface area (Å²) in [5.41, 5.74) is -6.10. The third kappa shape index (κ3) is 3.28. The van der Waals surface area contributed by atoms with E-state index in [-0.39, 0.29) is 29.8 Å². The highest BCUT2D eigenvalue weighted by Gasteiger charge is 2.66. The van der Waals surface area contributed by atoms with Crippen molar-refractivity contribution in [2.24, 2.45) is 0 Å². The maximum Gasteiger partial charge on any atom is 0.419 e. The first-order valence-electron chi connectivity index (χ1n) is 9.67. The summed E-state index contributed by atoms with van der Waals surface area (Å²) < 4.78 is 59.5. The van der Waals surface area contributed by atoms with Crippen molar-refractivity contribution in [3.05, 3.63) is 53.1 Å². The molecular weight excluding hydrogens is 480 g/mol. The van der Waals surface area contributed by atoms with Gasteiger partial charge in [0.25, 0.3) is 5.91 Å². The number of rotatable bonds is 3. The summed E-state index contributed by atoms with van der Waals surface area (Å²) >= 11 is 4.37. The average molecular weight is 494 g/mol. The van der Waals surface area contributed by atoms with Gasteiger partial charge in [0, 0.05) is 12.1 Å². The number of nitriles is 1. The molecule has 8 nitrogen and oxygen atoms in total. The predicted molar refractivity (Wildman–Crippen MR) is 111 cm³/mol. The van der Waals surface area contributed by atoms with Crippen molar-refractivity contribution in [2.75, 3.05) is 16.9 Å². The van der Waals surface area contributed by atoms with E-state index in [4.69, 9.17) is 5.26 Å². The number of ether oxygens (including phenoxy) is 1. The molecule has 1 spiro atoms. The number of pyridine rings is 1. The Morgan fingerprint density at radius 3 is 2.50 bits per heavy atom. The summed E-state index contributed by atoms with van der Waals surface area (Å²) in [7, 11) is 1.07. The lowest BCUT2D eigenvalue weighted by molar-refractivity contribution is -0.140. The number of ketones is 1. The molecule has 1 aliphatic heterocycles. The first-order chi connectivity index (χ1) is 16.0. The van der Waals surface area contributed by atoms with Gasteiger partial charge in [0.1, 0.15) is 11.9 Å². The van der Waals surface area contributed by atoms with Crippen LogP contribution in [0.3, 0.4) is 0 Å². The van der Waals surface area contributed by atoms with Crippen LogP contribution in [0.4, 0.5) is 28.9 Å². The van der Waals surface area contributed by atoms with Gasteiger partial charge in [-0.1, -0.05) is 0 Å². The summed E-state index contributed by atoms with van der Waals surface area (Å²) in [4.78, 5) is 43.3. The van der Waals surface area contributed by atoms with Gasteiger partial charge in [-0.3, -0.25) is 14.5 Å². The van der Waals surface area contributed by atoms with Gasteiger partial charge in [-0.05, 0) is 30.7 Å². The molecule has 0 N–H and O–H groups in total. The fourth-order valence-electron chi connectivity index (χ4n) is 4.09. The molecule has 1 aromatic carbocycles. The van der Waals surface area contributed by atoms with E-state index in [2.05, 4.69) is 22.3 Å². The van der Waals surface area contributed by atoms with Crippen LogP contribution in [-0.4, -0.2) is 40.8 Å². The summed E-state index contributed by atoms with van der Waals surface area (Å²) in [6.45, 7) is 0. The van der Waals surface area contributed by atoms with Crippen molar-refractivity contribution < 1.29 is 36.7 Å². The smallest absolute Gasteiger partial charge is 0.419 e. The number of anilines is 2. The molecule has 34 heavy (non-hydrogen) atoms. The number of Topliss-reactive ketones (excluding diaryl/α,β-unsaturated/α-hetero) is 1. The Morgan fingerprint density at radius 1 is 1.29 bits per heavy atom. The Hall–Kier alpha value is -3.66. The molecule has 13 heteroatoms. The van der Waals surface area contributed by atoms with E-state index in [1.165, 1.54) is 17.0 Å². The Balaban J connectivity index is 1.84. The number of benzene rings is 1. The van der Waals surface area contributed by atoms with Crippen LogP contribution in [0.5, 0.6) is 0 Å². The lowest BCUT2D eigenvalue weighted by atomic mass is 9.73. The molecule has 0 radical (unpaired) electrons. The summed E-state index contributed by atoms with van der Waals surface area (Å²) in [6, 6.07) is 5.22. The summed E-state index contributed by atoms with van der Waals surface area (Å²) in [6.07, 6.45) is -3.98. The second-order valence-corrected chi connectivity index (χ2v) is 7.99. The molecule has 1 amide bonds. The molecule has 2 aromatic rings. The fraction of sp³-hybridized carbons (Fsp3) is 0.286. The molecule has 2 heterocycles. The molecule has 1 aromatic heterocycles. The van der Waals surface area contributed by atoms with Gasteiger partial charge in [0.15, 0.2) is 22.5 Å². The second-order valence-electron chi connectivity index (χ2n) is 7.53. The minimum Gasteiger partial charge on any atom is -0.465 e. The van der Waals surface area contributed by atoms with Crippen molar-refractivity contribution in [3.8, 4) is 6.07 Å². The van der Waals surface area contributed by atoms with E-state index in [0.29, 0.717) is 6.07 Å². The molecule has 1 saturated heterocycles. The zero-order valence-corrected chi connectivity index (χ0v) is 18.2. The van der Waals surface area contributed by atoms with Crippen LogP contribution in [0.25, 0.3) is 0 Å². The summed E-state index contributed by atoms with van der Waals surface area (Å²) in [5, 5.41) is 8.97. The van der Waals surface area contributed by atoms with Gasteiger partial charge in [-0.15, -0.1) is 12.6 Å². The van der Waals surface area contributed by atoms with E-state index in [0.717, 1.165) is 30.3 Å². The maximum absolute atomic E-state index is 14.6. The zero-order valence-electron chi connectivity index (χ0n) is 17.3. The standard InChI is InChI=1S/C21H14F4N4O4S/c1-33-17(31)12-3-2-10(7-14(12)22)29-19(34)28(18(32)20(29)5-4-16(20)30)11-6-13(21(23,24)25)15(8-26)27-9-11/h2-3,6-7,9,19,34H,4-5H2,1H3. The van der Waals surface area contributed by atoms with Crippen molar-refractivity contribution in [2.45, 2.75) is 30.1 Å². The van der Waals surface area contributed by atoms with Crippen molar-refractivity contribution >= 4 is 41.7 Å². The number of amides is 1. The number of aromatic nitrogens is 1. The molecule has 2 atom stereocenters. The quantitative estimate of drug-likeness (QED) is 0.303. The van der Waals surface area contributed by atoms with Crippen molar-refractivity contribution in [1.82, 2.24) is 4.98 Å². The maximum atomic E-state index is 14.6. The van der Waals surface area contributed by atoms with Crippen molar-refractivity contribution in [3.63, 3.8) is 0 Å². The normalized spacial score (nSPS) is 22.1. The van der Waals surface area contributed by atoms with Gasteiger partial charge in [-0.25, -0.2) is 14.2 Å². The molecule has 176 valence electrons. The van der Waals surface area contributed by atoms with Crippen LogP contribution in [0, 0.1) is 17.1 Å². The average Bonchev–Trinajstić information content (AvgIpc) is 3.04. The molecule has 4 rings (SSSR count). The second kappa shape index (κ2) is 7.98. The van der Waals surface area contributed by atoms with Gasteiger partial charge in [0.05, 0.1) is 30.1 Å². The first kappa shape index (κ1) is 23.5. The monoisotopic (exact) mass is 494 g/mol. The van der Waals surface area contributed by atoms with Crippen LogP contribution in [0.15, 0.2) is 30.5 Å². The van der Waals surface area contributed by atoms with Crippen LogP contribution in [-0.2, 0) is 20.5 Å². The SMILES string of the molecule is COC(=O)c1ccc(N2C(S)N(c3cnc(C#N)c(C(F)(F)F)c3)C(=O)C23CCC3=O)cc1F. The number of esters is 1. The Kier molecular flexibility index (Phi) is 5.52. The van der Waals surface area contributed by atoms with E-state index in [9.17, 15) is 31.9 Å². The van der Waals surface area contributed by atoms with E-state index in [1.54, 1.807) is 0 Å². The van der Waals surface area contributed by atoms with Crippen molar-refractivity contribution in [1.29, 1.82) is 5.26 Å². The van der Waals surface area contributed by atoms with Gasteiger partial charge in [-0.2, -0.15) is 18.4 Å². The molecule has 1 aliphatic carbocycles. The minimum absolute atomic E-state index is 0.00621. The number of thiol groups is 1. The third-order valence-electron chi connectivity index (χ3n) is 5.82. The topological polar surface area (TPSA) is 104 Å². The molecular formula is C21H14F4N4O4S. The number of carbonyl (C=O) groups excluding carboxylic acids is 3. The van der Waals surface area contributed by atoms with E-state index >= 15 is 0 Å². The molecule has 2 unspecified atom stereocenters. The largest absolute Gasteiger partial charge is 0.465 e. The van der Waals surface area contributed by atoms with E-state index < -0.39 is 51.9 Å². The number of hydrogen-bond acceptors (Lipinski definition) is 8. The Morgan fingerprint density at radius 2 is 2.00 bits per heavy atom. The minimum atomic E-state index is -4.93. The number of nitrogens with zero attached hydrogens (tertiary/aromatic N) is 4. The van der Waals surface area contributed by atoms with Crippen LogP contribution in [0.2, 0.25) is 0 Å². The third-order valence-corrected chi connectivity index (χ3v) is 6.28. The highest BCUT2D eigenvalue weighted by Crippen LogP contribution is 2.48. The number of carbonyl (C=O) groups is 3. The van der Waals surface area contributed by atoms with Crippen LogP contribution >= 0.6 is 12.6 Å². The lowest BCUT2D eigenvalue weighted by Gasteiger charge is -2.42. The van der Waals surface area contributed by atoms with Gasteiger partial charge >= 0.3 is 12.1 Å². The van der Waals surface area contributed by atoms with Crippen LogP contribution in [0.1, 0.15) is 34.5 Å². The van der Waals surface area contributed by atoms with E-state index in [1.807, 2.05) is 0 Å². The molecule has 2 aliphatic rings. The Labute approximate surface area is 195 Å². The van der Waals surface area contributed by atoms with Gasteiger partial charge in [0.2, 0.25) is 0 Å².